The highest BCUT2D eigenvalue weighted by atomic mass is 16.5. The fourth-order valence-corrected chi connectivity index (χ4v) is 1.32. The first-order valence-electron chi connectivity index (χ1n) is 4.92. The quantitative estimate of drug-likeness (QED) is 0.734. The molecule has 0 bridgehead atoms. The Bertz CT molecular complexity index is 540. The highest BCUT2D eigenvalue weighted by Gasteiger charge is 2.07. The molecule has 86 valence electrons. The fraction of sp³-hybridized carbons (Fsp3) is 0.182. The zero-order valence-electron chi connectivity index (χ0n) is 9.41. The summed E-state index contributed by atoms with van der Waals surface area (Å²) in [5.41, 5.74) is 1.53. The molecule has 0 N–H and O–H groups in total. The number of aryl methyl sites for hydroxylation is 1. The number of hydrogen-bond donors (Lipinski definition) is 0. The van der Waals surface area contributed by atoms with Crippen LogP contribution in [0.2, 0.25) is 0 Å². The maximum Gasteiger partial charge on any atom is 0.233 e. The van der Waals surface area contributed by atoms with Gasteiger partial charge in [0.15, 0.2) is 12.1 Å². The predicted molar refractivity (Wildman–Crippen MR) is 59.7 cm³/mol. The molecule has 2 rings (SSSR count). The molecule has 0 aromatic carbocycles. The lowest BCUT2D eigenvalue weighted by molar-refractivity contribution is 0.111. The number of ether oxygens (including phenoxy) is 1. The number of carbonyl (C=O) groups is 1. The maximum absolute atomic E-state index is 10.7. The first kappa shape index (κ1) is 11.1. The van der Waals surface area contributed by atoms with Crippen LogP contribution in [-0.2, 0) is 0 Å². The van der Waals surface area contributed by atoms with Gasteiger partial charge >= 0.3 is 0 Å². The zero-order valence-corrected chi connectivity index (χ0v) is 9.41. The standard InChI is InChI=1S/C11H10N4O2/c1-7-5-8(6-16)13-11(12-7)9-3-4-10(17-2)15-14-9/h3-6H,1-2H3. The van der Waals surface area contributed by atoms with E-state index < -0.39 is 0 Å². The number of aldehydes is 1. The molecule has 0 saturated carbocycles. The second-order valence-electron chi connectivity index (χ2n) is 3.34. The SMILES string of the molecule is COc1ccc(-c2nc(C)cc(C=O)n2)nn1. The molecule has 6 heteroatoms. The van der Waals surface area contributed by atoms with Gasteiger partial charge in [-0.15, -0.1) is 10.2 Å². The van der Waals surface area contributed by atoms with Crippen molar-refractivity contribution in [3.63, 3.8) is 0 Å². The third-order valence-corrected chi connectivity index (χ3v) is 2.07. The third kappa shape index (κ3) is 2.41. The molecule has 0 amide bonds. The van der Waals surface area contributed by atoms with Gasteiger partial charge in [0, 0.05) is 11.8 Å². The Kier molecular flexibility index (Phi) is 3.04. The van der Waals surface area contributed by atoms with Gasteiger partial charge in [-0.3, -0.25) is 4.79 Å². The summed E-state index contributed by atoms with van der Waals surface area (Å²) in [7, 11) is 1.51. The lowest BCUT2D eigenvalue weighted by Gasteiger charge is -2.02. The van der Waals surface area contributed by atoms with Gasteiger partial charge in [-0.05, 0) is 19.1 Å². The fourth-order valence-electron chi connectivity index (χ4n) is 1.32. The lowest BCUT2D eigenvalue weighted by Crippen LogP contribution is -1.99. The average molecular weight is 230 g/mol. The highest BCUT2D eigenvalue weighted by molar-refractivity contribution is 5.72. The van der Waals surface area contributed by atoms with Crippen molar-refractivity contribution in [3.8, 4) is 17.4 Å². The van der Waals surface area contributed by atoms with Crippen molar-refractivity contribution >= 4 is 6.29 Å². The Morgan fingerprint density at radius 1 is 1.24 bits per heavy atom. The normalized spacial score (nSPS) is 10.0. The third-order valence-electron chi connectivity index (χ3n) is 2.07. The van der Waals surface area contributed by atoms with E-state index in [1.807, 2.05) is 0 Å². The van der Waals surface area contributed by atoms with Crippen LogP contribution < -0.4 is 4.74 Å². The molecule has 0 atom stereocenters. The van der Waals surface area contributed by atoms with Crippen molar-refractivity contribution in [2.24, 2.45) is 0 Å². The van der Waals surface area contributed by atoms with Gasteiger partial charge in [0.25, 0.3) is 0 Å². The lowest BCUT2D eigenvalue weighted by atomic mass is 10.3. The molecule has 0 fully saturated rings. The van der Waals surface area contributed by atoms with Crippen molar-refractivity contribution < 1.29 is 9.53 Å². The van der Waals surface area contributed by atoms with E-state index in [0.29, 0.717) is 35.1 Å². The van der Waals surface area contributed by atoms with Gasteiger partial charge in [-0.2, -0.15) is 0 Å². The Morgan fingerprint density at radius 2 is 2.06 bits per heavy atom. The van der Waals surface area contributed by atoms with Crippen LogP contribution in [0.5, 0.6) is 5.88 Å². The van der Waals surface area contributed by atoms with E-state index >= 15 is 0 Å². The molecular formula is C11H10N4O2. The minimum Gasteiger partial charge on any atom is -0.480 e. The second-order valence-corrected chi connectivity index (χ2v) is 3.34. The molecule has 0 aliphatic heterocycles. The van der Waals surface area contributed by atoms with Crippen LogP contribution in [0.25, 0.3) is 11.5 Å². The maximum atomic E-state index is 10.7. The minimum atomic E-state index is 0.324. The van der Waals surface area contributed by atoms with Crippen LogP contribution in [0.3, 0.4) is 0 Å². The Labute approximate surface area is 97.7 Å². The van der Waals surface area contributed by atoms with Gasteiger partial charge in [-0.25, -0.2) is 9.97 Å². The first-order chi connectivity index (χ1) is 8.22. The number of methoxy groups -OCH3 is 1. The number of nitrogens with zero attached hydrogens (tertiary/aromatic N) is 4. The van der Waals surface area contributed by atoms with Gasteiger partial charge in [0.2, 0.25) is 5.88 Å². The number of carbonyl (C=O) groups excluding carboxylic acids is 1. The predicted octanol–water partition coefficient (Wildman–Crippen LogP) is 1.06. The van der Waals surface area contributed by atoms with Crippen LogP contribution in [0.15, 0.2) is 18.2 Å². The smallest absolute Gasteiger partial charge is 0.233 e. The summed E-state index contributed by atoms with van der Waals surface area (Å²) in [6, 6.07) is 4.96. The summed E-state index contributed by atoms with van der Waals surface area (Å²) in [6.07, 6.45) is 0.676. The van der Waals surface area contributed by atoms with Gasteiger partial charge in [0.1, 0.15) is 11.4 Å². The van der Waals surface area contributed by atoms with Crippen molar-refractivity contribution in [3.05, 3.63) is 29.6 Å². The molecule has 0 spiro atoms. The molecule has 2 aromatic heterocycles. The summed E-state index contributed by atoms with van der Waals surface area (Å²) < 4.78 is 4.90. The topological polar surface area (TPSA) is 77.9 Å². The van der Waals surface area contributed by atoms with E-state index in [-0.39, 0.29) is 0 Å². The average Bonchev–Trinajstić information content (AvgIpc) is 2.38. The van der Waals surface area contributed by atoms with E-state index in [2.05, 4.69) is 20.2 Å². The number of rotatable bonds is 3. The molecule has 0 radical (unpaired) electrons. The van der Waals surface area contributed by atoms with Crippen molar-refractivity contribution in [1.82, 2.24) is 20.2 Å². The van der Waals surface area contributed by atoms with Crippen molar-refractivity contribution in [2.45, 2.75) is 6.92 Å². The molecule has 2 aromatic rings. The van der Waals surface area contributed by atoms with E-state index in [0.717, 1.165) is 0 Å². The molecule has 2 heterocycles. The second kappa shape index (κ2) is 4.65. The number of aromatic nitrogens is 4. The van der Waals surface area contributed by atoms with Gasteiger partial charge < -0.3 is 4.74 Å². The number of hydrogen-bond acceptors (Lipinski definition) is 6. The summed E-state index contributed by atoms with van der Waals surface area (Å²) in [5, 5.41) is 7.74. The Hall–Kier alpha value is -2.37. The molecule has 6 nitrogen and oxygen atoms in total. The molecule has 0 aliphatic rings. The van der Waals surface area contributed by atoms with Crippen molar-refractivity contribution in [1.29, 1.82) is 0 Å². The van der Waals surface area contributed by atoms with E-state index in [9.17, 15) is 4.79 Å². The summed E-state index contributed by atoms with van der Waals surface area (Å²) >= 11 is 0. The summed E-state index contributed by atoms with van der Waals surface area (Å²) in [5.74, 6) is 0.791. The zero-order chi connectivity index (χ0) is 12.3. The molecular weight excluding hydrogens is 220 g/mol. The van der Waals surface area contributed by atoms with E-state index in [1.165, 1.54) is 7.11 Å². The van der Waals surface area contributed by atoms with Gasteiger partial charge in [-0.1, -0.05) is 0 Å². The van der Waals surface area contributed by atoms with E-state index in [1.54, 1.807) is 25.1 Å². The molecule has 0 unspecified atom stereocenters. The molecule has 17 heavy (non-hydrogen) atoms. The monoisotopic (exact) mass is 230 g/mol. The minimum absolute atomic E-state index is 0.324. The molecule has 0 saturated heterocycles. The van der Waals surface area contributed by atoms with Crippen LogP contribution in [0.4, 0.5) is 0 Å². The summed E-state index contributed by atoms with van der Waals surface area (Å²) in [6.45, 7) is 1.79. The van der Waals surface area contributed by atoms with Crippen LogP contribution in [0.1, 0.15) is 16.2 Å². The van der Waals surface area contributed by atoms with Gasteiger partial charge in [0.05, 0.1) is 7.11 Å². The van der Waals surface area contributed by atoms with E-state index in [4.69, 9.17) is 4.74 Å². The van der Waals surface area contributed by atoms with Crippen LogP contribution >= 0.6 is 0 Å². The van der Waals surface area contributed by atoms with Crippen molar-refractivity contribution in [2.75, 3.05) is 7.11 Å². The molecule has 0 aliphatic carbocycles. The highest BCUT2D eigenvalue weighted by Crippen LogP contribution is 2.14. The summed E-state index contributed by atoms with van der Waals surface area (Å²) in [4.78, 5) is 18.9. The largest absolute Gasteiger partial charge is 0.480 e. The first-order valence-corrected chi connectivity index (χ1v) is 4.92. The van der Waals surface area contributed by atoms with Crippen LogP contribution in [-0.4, -0.2) is 33.6 Å². The Morgan fingerprint density at radius 3 is 2.65 bits per heavy atom. The van der Waals surface area contributed by atoms with Crippen LogP contribution in [0, 0.1) is 6.92 Å². The Balaban J connectivity index is 2.44.